The van der Waals surface area contributed by atoms with Gasteiger partial charge in [-0.05, 0) is 36.5 Å². The van der Waals surface area contributed by atoms with Crippen molar-refractivity contribution in [3.8, 4) is 0 Å². The first-order valence-electron chi connectivity index (χ1n) is 6.72. The van der Waals surface area contributed by atoms with Crippen LogP contribution < -0.4 is 0 Å². The first kappa shape index (κ1) is 14.5. The Morgan fingerprint density at radius 2 is 2.16 bits per heavy atom. The standard InChI is InChI=1S/C15H19BrFNO/c1-11(16)13-5-7-18(8-6-13)15(19)10-12-3-2-4-14(17)9-12/h2-4,9,11,13H,5-8,10H2,1H3. The molecule has 0 spiro atoms. The van der Waals surface area contributed by atoms with Crippen LogP contribution in [0.5, 0.6) is 0 Å². The van der Waals surface area contributed by atoms with E-state index in [0.717, 1.165) is 31.5 Å². The zero-order valence-electron chi connectivity index (χ0n) is 11.1. The SMILES string of the molecule is CC(Br)C1CCN(C(=O)Cc2cccc(F)c2)CC1. The van der Waals surface area contributed by atoms with Crippen LogP contribution in [0, 0.1) is 11.7 Å². The van der Waals surface area contributed by atoms with Gasteiger partial charge in [-0.25, -0.2) is 4.39 Å². The largest absolute Gasteiger partial charge is 0.342 e. The number of alkyl halides is 1. The number of hydrogen-bond donors (Lipinski definition) is 0. The molecule has 1 saturated heterocycles. The maximum Gasteiger partial charge on any atom is 0.226 e. The van der Waals surface area contributed by atoms with E-state index in [4.69, 9.17) is 0 Å². The topological polar surface area (TPSA) is 20.3 Å². The minimum absolute atomic E-state index is 0.103. The molecule has 1 fully saturated rings. The molecule has 1 aromatic rings. The van der Waals surface area contributed by atoms with Gasteiger partial charge in [-0.15, -0.1) is 0 Å². The van der Waals surface area contributed by atoms with Crippen molar-refractivity contribution in [1.82, 2.24) is 4.90 Å². The lowest BCUT2D eigenvalue weighted by molar-refractivity contribution is -0.131. The highest BCUT2D eigenvalue weighted by molar-refractivity contribution is 9.09. The molecule has 0 bridgehead atoms. The Balaban J connectivity index is 1.88. The molecule has 2 rings (SSSR count). The fourth-order valence-corrected chi connectivity index (χ4v) is 3.07. The molecule has 1 aromatic carbocycles. The summed E-state index contributed by atoms with van der Waals surface area (Å²) in [6.45, 7) is 3.79. The lowest BCUT2D eigenvalue weighted by Gasteiger charge is -2.33. The van der Waals surface area contributed by atoms with Crippen molar-refractivity contribution >= 4 is 21.8 Å². The van der Waals surface area contributed by atoms with Gasteiger partial charge in [-0.1, -0.05) is 35.0 Å². The summed E-state index contributed by atoms with van der Waals surface area (Å²) in [6.07, 6.45) is 2.38. The van der Waals surface area contributed by atoms with Crippen LogP contribution in [0.2, 0.25) is 0 Å². The van der Waals surface area contributed by atoms with Crippen molar-refractivity contribution < 1.29 is 9.18 Å². The molecule has 104 valence electrons. The van der Waals surface area contributed by atoms with Crippen LogP contribution in [-0.4, -0.2) is 28.7 Å². The van der Waals surface area contributed by atoms with E-state index >= 15 is 0 Å². The summed E-state index contributed by atoms with van der Waals surface area (Å²) < 4.78 is 13.1. The Hall–Kier alpha value is -0.900. The molecular formula is C15H19BrFNO. The van der Waals surface area contributed by atoms with Gasteiger partial charge in [0, 0.05) is 17.9 Å². The van der Waals surface area contributed by atoms with Gasteiger partial charge in [0.15, 0.2) is 0 Å². The maximum absolute atomic E-state index is 13.1. The first-order valence-corrected chi connectivity index (χ1v) is 7.64. The second-order valence-electron chi connectivity index (χ2n) is 5.20. The van der Waals surface area contributed by atoms with Gasteiger partial charge < -0.3 is 4.90 Å². The number of rotatable bonds is 3. The fraction of sp³-hybridized carbons (Fsp3) is 0.533. The first-order chi connectivity index (χ1) is 9.06. The average Bonchev–Trinajstić information content (AvgIpc) is 2.39. The summed E-state index contributed by atoms with van der Waals surface area (Å²) in [6, 6.07) is 6.28. The Bertz CT molecular complexity index is 442. The molecule has 1 aliphatic heterocycles. The molecule has 4 heteroatoms. The minimum Gasteiger partial charge on any atom is -0.342 e. The second kappa shape index (κ2) is 6.51. The summed E-state index contributed by atoms with van der Waals surface area (Å²) >= 11 is 3.61. The Morgan fingerprint density at radius 3 is 2.74 bits per heavy atom. The van der Waals surface area contributed by atoms with E-state index in [1.165, 1.54) is 12.1 Å². The molecule has 0 saturated carbocycles. The third-order valence-corrected chi connectivity index (χ3v) is 4.53. The molecule has 1 aliphatic rings. The number of likely N-dealkylation sites (tertiary alicyclic amines) is 1. The number of carbonyl (C=O) groups excluding carboxylic acids is 1. The molecule has 0 N–H and O–H groups in total. The number of hydrogen-bond acceptors (Lipinski definition) is 1. The lowest BCUT2D eigenvalue weighted by atomic mass is 9.94. The zero-order chi connectivity index (χ0) is 13.8. The molecule has 0 radical (unpaired) electrons. The van der Waals surface area contributed by atoms with E-state index in [-0.39, 0.29) is 11.7 Å². The Labute approximate surface area is 122 Å². The highest BCUT2D eigenvalue weighted by Crippen LogP contribution is 2.25. The van der Waals surface area contributed by atoms with Crippen molar-refractivity contribution in [2.24, 2.45) is 5.92 Å². The molecule has 0 aliphatic carbocycles. The molecule has 0 aromatic heterocycles. The van der Waals surface area contributed by atoms with Crippen molar-refractivity contribution in [1.29, 1.82) is 0 Å². The summed E-state index contributed by atoms with van der Waals surface area (Å²) in [4.78, 5) is 14.6. The van der Waals surface area contributed by atoms with Crippen LogP contribution in [0.3, 0.4) is 0 Å². The average molecular weight is 328 g/mol. The van der Waals surface area contributed by atoms with Crippen LogP contribution in [0.25, 0.3) is 0 Å². The molecular weight excluding hydrogens is 309 g/mol. The Kier molecular flexibility index (Phi) is 4.97. The van der Waals surface area contributed by atoms with Gasteiger partial charge >= 0.3 is 0 Å². The molecule has 1 heterocycles. The van der Waals surface area contributed by atoms with Crippen LogP contribution in [-0.2, 0) is 11.2 Å². The predicted molar refractivity (Wildman–Crippen MR) is 77.8 cm³/mol. The number of benzene rings is 1. The minimum atomic E-state index is -0.280. The fourth-order valence-electron chi connectivity index (χ4n) is 2.54. The normalized spacial score (nSPS) is 18.4. The van der Waals surface area contributed by atoms with E-state index in [1.54, 1.807) is 12.1 Å². The van der Waals surface area contributed by atoms with Crippen molar-refractivity contribution in [3.63, 3.8) is 0 Å². The van der Waals surface area contributed by atoms with Gasteiger partial charge in [0.2, 0.25) is 5.91 Å². The lowest BCUT2D eigenvalue weighted by Crippen LogP contribution is -2.40. The van der Waals surface area contributed by atoms with Crippen LogP contribution >= 0.6 is 15.9 Å². The number of piperidine rings is 1. The molecule has 1 unspecified atom stereocenters. The summed E-state index contributed by atoms with van der Waals surface area (Å²) in [5.41, 5.74) is 0.751. The molecule has 19 heavy (non-hydrogen) atoms. The van der Waals surface area contributed by atoms with E-state index in [2.05, 4.69) is 22.9 Å². The third-order valence-electron chi connectivity index (χ3n) is 3.79. The van der Waals surface area contributed by atoms with Crippen molar-refractivity contribution in [2.75, 3.05) is 13.1 Å². The van der Waals surface area contributed by atoms with Crippen LogP contribution in [0.4, 0.5) is 4.39 Å². The highest BCUT2D eigenvalue weighted by atomic mass is 79.9. The van der Waals surface area contributed by atoms with E-state index < -0.39 is 0 Å². The molecule has 2 nitrogen and oxygen atoms in total. The van der Waals surface area contributed by atoms with Crippen molar-refractivity contribution in [2.45, 2.75) is 31.0 Å². The van der Waals surface area contributed by atoms with E-state index in [0.29, 0.717) is 17.2 Å². The molecule has 1 amide bonds. The summed E-state index contributed by atoms with van der Waals surface area (Å²) in [5.74, 6) is 0.474. The maximum atomic E-state index is 13.1. The quantitative estimate of drug-likeness (QED) is 0.779. The smallest absolute Gasteiger partial charge is 0.226 e. The number of nitrogens with zero attached hydrogens (tertiary/aromatic N) is 1. The summed E-state index contributed by atoms with van der Waals surface area (Å²) in [7, 11) is 0. The van der Waals surface area contributed by atoms with Gasteiger partial charge in [-0.2, -0.15) is 0 Å². The zero-order valence-corrected chi connectivity index (χ0v) is 12.7. The predicted octanol–water partition coefficient (Wildman–Crippen LogP) is 3.39. The number of carbonyl (C=O) groups is 1. The van der Waals surface area contributed by atoms with Crippen LogP contribution in [0.15, 0.2) is 24.3 Å². The van der Waals surface area contributed by atoms with E-state index in [1.807, 2.05) is 4.90 Å². The third kappa shape index (κ3) is 4.03. The number of amides is 1. The second-order valence-corrected chi connectivity index (χ2v) is 6.65. The summed E-state index contributed by atoms with van der Waals surface area (Å²) in [5, 5.41) is 0. The van der Waals surface area contributed by atoms with Gasteiger partial charge in [0.25, 0.3) is 0 Å². The van der Waals surface area contributed by atoms with Crippen LogP contribution in [0.1, 0.15) is 25.3 Å². The molecule has 1 atom stereocenters. The number of halogens is 2. The van der Waals surface area contributed by atoms with Gasteiger partial charge in [0.1, 0.15) is 5.82 Å². The van der Waals surface area contributed by atoms with E-state index in [9.17, 15) is 9.18 Å². The van der Waals surface area contributed by atoms with Gasteiger partial charge in [-0.3, -0.25) is 4.79 Å². The van der Waals surface area contributed by atoms with Crippen molar-refractivity contribution in [3.05, 3.63) is 35.6 Å². The van der Waals surface area contributed by atoms with Gasteiger partial charge in [0.05, 0.1) is 6.42 Å². The highest BCUT2D eigenvalue weighted by Gasteiger charge is 2.25. The monoisotopic (exact) mass is 327 g/mol. The Morgan fingerprint density at radius 1 is 1.47 bits per heavy atom.